The first kappa shape index (κ1) is 14.1. The van der Waals surface area contributed by atoms with Gasteiger partial charge in [0.1, 0.15) is 5.82 Å². The number of hydrogen-bond donors (Lipinski definition) is 1. The molecule has 1 N–H and O–H groups in total. The van der Waals surface area contributed by atoms with Crippen molar-refractivity contribution in [1.82, 2.24) is 5.32 Å². The highest BCUT2D eigenvalue weighted by molar-refractivity contribution is 5.68. The number of halogens is 1. The molecule has 2 aromatic carbocycles. The summed E-state index contributed by atoms with van der Waals surface area (Å²) in [5.41, 5.74) is 4.51. The van der Waals surface area contributed by atoms with Crippen LogP contribution >= 0.6 is 0 Å². The van der Waals surface area contributed by atoms with Crippen molar-refractivity contribution in [2.75, 3.05) is 18.0 Å². The first-order valence-electron chi connectivity index (χ1n) is 7.63. The minimum absolute atomic E-state index is 0.163. The maximum atomic E-state index is 13.9. The average molecular weight is 284 g/mol. The van der Waals surface area contributed by atoms with Gasteiger partial charge in [0, 0.05) is 24.5 Å². The summed E-state index contributed by atoms with van der Waals surface area (Å²) in [6, 6.07) is 13.8. The molecule has 0 radical (unpaired) electrons. The van der Waals surface area contributed by atoms with Gasteiger partial charge in [-0.25, -0.2) is 4.39 Å². The standard InChI is InChI=1S/C18H21FN2/c1-2-20-13-14-10-16(19)12-17(11-14)21-9-5-7-15-6-3-4-8-18(15)21/h3-4,6,8,10-12,20H,2,5,7,9,13H2,1H3. The second-order valence-corrected chi connectivity index (χ2v) is 5.48. The van der Waals surface area contributed by atoms with Crippen LogP contribution in [-0.2, 0) is 13.0 Å². The van der Waals surface area contributed by atoms with Crippen LogP contribution in [0.5, 0.6) is 0 Å². The highest BCUT2D eigenvalue weighted by Crippen LogP contribution is 2.34. The number of benzene rings is 2. The van der Waals surface area contributed by atoms with Crippen LogP contribution in [-0.4, -0.2) is 13.1 Å². The van der Waals surface area contributed by atoms with Crippen LogP contribution in [0.15, 0.2) is 42.5 Å². The number of anilines is 2. The van der Waals surface area contributed by atoms with E-state index in [0.717, 1.165) is 37.2 Å². The zero-order valence-electron chi connectivity index (χ0n) is 12.4. The third-order valence-corrected chi connectivity index (χ3v) is 3.94. The van der Waals surface area contributed by atoms with Crippen LogP contribution in [0.3, 0.4) is 0 Å². The normalized spacial score (nSPS) is 14.1. The van der Waals surface area contributed by atoms with Gasteiger partial charge < -0.3 is 10.2 Å². The predicted octanol–water partition coefficient (Wildman–Crippen LogP) is 4.02. The number of hydrogen-bond acceptors (Lipinski definition) is 2. The molecule has 3 heteroatoms. The van der Waals surface area contributed by atoms with Gasteiger partial charge in [-0.15, -0.1) is 0 Å². The summed E-state index contributed by atoms with van der Waals surface area (Å²) in [7, 11) is 0. The number of para-hydroxylation sites is 1. The van der Waals surface area contributed by atoms with E-state index >= 15 is 0 Å². The number of aryl methyl sites for hydroxylation is 1. The topological polar surface area (TPSA) is 15.3 Å². The van der Waals surface area contributed by atoms with Crippen LogP contribution in [0.25, 0.3) is 0 Å². The van der Waals surface area contributed by atoms with Crippen molar-refractivity contribution < 1.29 is 4.39 Å². The first-order chi connectivity index (χ1) is 10.3. The molecule has 1 aliphatic heterocycles. The van der Waals surface area contributed by atoms with Crippen LogP contribution in [0.1, 0.15) is 24.5 Å². The van der Waals surface area contributed by atoms with E-state index in [4.69, 9.17) is 0 Å². The first-order valence-corrected chi connectivity index (χ1v) is 7.63. The third-order valence-electron chi connectivity index (χ3n) is 3.94. The second-order valence-electron chi connectivity index (χ2n) is 5.48. The summed E-state index contributed by atoms with van der Waals surface area (Å²) in [6.07, 6.45) is 2.21. The van der Waals surface area contributed by atoms with Crippen LogP contribution in [0.4, 0.5) is 15.8 Å². The lowest BCUT2D eigenvalue weighted by Gasteiger charge is -2.31. The summed E-state index contributed by atoms with van der Waals surface area (Å²) >= 11 is 0. The van der Waals surface area contributed by atoms with E-state index in [0.29, 0.717) is 6.54 Å². The monoisotopic (exact) mass is 284 g/mol. The van der Waals surface area contributed by atoms with Crippen LogP contribution in [0.2, 0.25) is 0 Å². The molecule has 0 atom stereocenters. The molecule has 110 valence electrons. The predicted molar refractivity (Wildman–Crippen MR) is 85.5 cm³/mol. The number of rotatable bonds is 4. The smallest absolute Gasteiger partial charge is 0.125 e. The third kappa shape index (κ3) is 3.08. The Morgan fingerprint density at radius 1 is 1.19 bits per heavy atom. The highest BCUT2D eigenvalue weighted by Gasteiger charge is 2.18. The summed E-state index contributed by atoms with van der Waals surface area (Å²) in [6.45, 7) is 4.59. The Labute approximate surface area is 125 Å². The second kappa shape index (κ2) is 6.27. The highest BCUT2D eigenvalue weighted by atomic mass is 19.1. The van der Waals surface area contributed by atoms with E-state index in [9.17, 15) is 4.39 Å². The van der Waals surface area contributed by atoms with Crippen molar-refractivity contribution in [3.05, 3.63) is 59.4 Å². The van der Waals surface area contributed by atoms with Gasteiger partial charge in [0.15, 0.2) is 0 Å². The summed E-state index contributed by atoms with van der Waals surface area (Å²) in [5, 5.41) is 3.26. The molecule has 1 heterocycles. The quantitative estimate of drug-likeness (QED) is 0.912. The lowest BCUT2D eigenvalue weighted by Crippen LogP contribution is -2.24. The molecule has 21 heavy (non-hydrogen) atoms. The van der Waals surface area contributed by atoms with E-state index in [-0.39, 0.29) is 5.82 Å². The van der Waals surface area contributed by atoms with Gasteiger partial charge in [0.2, 0.25) is 0 Å². The summed E-state index contributed by atoms with van der Waals surface area (Å²) in [5.74, 6) is -0.163. The molecule has 0 amide bonds. The molecule has 0 bridgehead atoms. The molecular formula is C18H21FN2. The van der Waals surface area contributed by atoms with Crippen molar-refractivity contribution in [2.45, 2.75) is 26.3 Å². The maximum Gasteiger partial charge on any atom is 0.125 e. The van der Waals surface area contributed by atoms with Gasteiger partial charge in [-0.05, 0) is 54.8 Å². The zero-order valence-corrected chi connectivity index (χ0v) is 12.4. The van der Waals surface area contributed by atoms with E-state index < -0.39 is 0 Å². The molecule has 0 spiro atoms. The molecule has 0 saturated carbocycles. The van der Waals surface area contributed by atoms with Gasteiger partial charge >= 0.3 is 0 Å². The van der Waals surface area contributed by atoms with E-state index in [1.165, 1.54) is 11.3 Å². The molecule has 0 saturated heterocycles. The van der Waals surface area contributed by atoms with E-state index in [2.05, 4.69) is 47.5 Å². The lowest BCUT2D eigenvalue weighted by atomic mass is 10.0. The van der Waals surface area contributed by atoms with Crippen LogP contribution < -0.4 is 10.2 Å². The van der Waals surface area contributed by atoms with Crippen molar-refractivity contribution in [3.8, 4) is 0 Å². The largest absolute Gasteiger partial charge is 0.341 e. The van der Waals surface area contributed by atoms with Gasteiger partial charge in [-0.3, -0.25) is 0 Å². The van der Waals surface area contributed by atoms with Crippen molar-refractivity contribution >= 4 is 11.4 Å². The maximum absolute atomic E-state index is 13.9. The average Bonchev–Trinajstić information content (AvgIpc) is 2.52. The number of nitrogens with one attached hydrogen (secondary N) is 1. The fourth-order valence-corrected chi connectivity index (χ4v) is 2.96. The zero-order chi connectivity index (χ0) is 14.7. The van der Waals surface area contributed by atoms with Gasteiger partial charge in [-0.1, -0.05) is 25.1 Å². The Morgan fingerprint density at radius 2 is 2.05 bits per heavy atom. The Morgan fingerprint density at radius 3 is 2.90 bits per heavy atom. The number of fused-ring (bicyclic) bond motifs is 1. The molecule has 1 aliphatic rings. The molecule has 3 rings (SSSR count). The van der Waals surface area contributed by atoms with Gasteiger partial charge in [0.25, 0.3) is 0 Å². The Kier molecular flexibility index (Phi) is 4.20. The van der Waals surface area contributed by atoms with E-state index in [1.54, 1.807) is 12.1 Å². The molecule has 2 nitrogen and oxygen atoms in total. The van der Waals surface area contributed by atoms with Crippen molar-refractivity contribution in [3.63, 3.8) is 0 Å². The molecule has 0 fully saturated rings. The van der Waals surface area contributed by atoms with Gasteiger partial charge in [-0.2, -0.15) is 0 Å². The minimum Gasteiger partial charge on any atom is -0.341 e. The molecule has 0 aromatic heterocycles. The van der Waals surface area contributed by atoms with E-state index in [1.807, 2.05) is 0 Å². The Bertz CT molecular complexity index is 624. The fraction of sp³-hybridized carbons (Fsp3) is 0.333. The van der Waals surface area contributed by atoms with Gasteiger partial charge in [0.05, 0.1) is 0 Å². The molecule has 0 aliphatic carbocycles. The SMILES string of the molecule is CCNCc1cc(F)cc(N2CCCc3ccccc32)c1. The summed E-state index contributed by atoms with van der Waals surface area (Å²) < 4.78 is 13.9. The fourth-order valence-electron chi connectivity index (χ4n) is 2.96. The van der Waals surface area contributed by atoms with Crippen molar-refractivity contribution in [2.24, 2.45) is 0 Å². The van der Waals surface area contributed by atoms with Crippen LogP contribution in [0, 0.1) is 5.82 Å². The summed E-state index contributed by atoms with van der Waals surface area (Å²) in [4.78, 5) is 2.23. The molecule has 2 aromatic rings. The molecular weight excluding hydrogens is 263 g/mol. The lowest BCUT2D eigenvalue weighted by molar-refractivity contribution is 0.621. The minimum atomic E-state index is -0.163. The Balaban J connectivity index is 1.95. The number of nitrogens with zero attached hydrogens (tertiary/aromatic N) is 1. The van der Waals surface area contributed by atoms with Crippen molar-refractivity contribution in [1.29, 1.82) is 0 Å². The molecule has 0 unspecified atom stereocenters. The Hall–Kier alpha value is -1.87.